The molecule has 0 aliphatic heterocycles. The molecule has 0 heterocycles. The molecule has 0 aliphatic rings. The molecule has 1 atom stereocenters. The molecule has 0 saturated heterocycles. The van der Waals surface area contributed by atoms with Gasteiger partial charge in [-0.05, 0) is 49.6 Å². The number of carbonyl (C=O) groups excluding carboxylic acids is 1. The number of carbonyl (C=O) groups is 1. The largest absolute Gasteiger partial charge is 0.457 e. The summed E-state index contributed by atoms with van der Waals surface area (Å²) in [7, 11) is -4.39. The molecule has 1 unspecified atom stereocenters. The third kappa shape index (κ3) is 6.35. The van der Waals surface area contributed by atoms with Crippen LogP contribution in [0.5, 0.6) is 11.5 Å². The van der Waals surface area contributed by atoms with Crippen LogP contribution in [-0.2, 0) is 15.8 Å². The first-order valence-corrected chi connectivity index (χ1v) is 9.69. The van der Waals surface area contributed by atoms with E-state index in [4.69, 9.17) is 14.5 Å². The Labute approximate surface area is 147 Å². The number of para-hydroxylation sites is 1. The van der Waals surface area contributed by atoms with Gasteiger partial charge in [0.05, 0.1) is 0 Å². The van der Waals surface area contributed by atoms with Crippen LogP contribution in [0.4, 0.5) is 0 Å². The quantitative estimate of drug-likeness (QED) is 0.495. The van der Waals surface area contributed by atoms with Crippen LogP contribution in [0.15, 0.2) is 54.6 Å². The molecule has 0 aliphatic carbocycles. The Hall–Kier alpha value is -2.14. The minimum Gasteiger partial charge on any atom is -0.457 e. The molecule has 0 saturated carbocycles. The van der Waals surface area contributed by atoms with Gasteiger partial charge in [-0.3, -0.25) is 9.36 Å². The van der Waals surface area contributed by atoms with E-state index in [1.54, 1.807) is 0 Å². The highest BCUT2D eigenvalue weighted by Gasteiger charge is 2.30. The Morgan fingerprint density at radius 3 is 2.48 bits per heavy atom. The fourth-order valence-corrected chi connectivity index (χ4v) is 2.59. The Morgan fingerprint density at radius 2 is 1.80 bits per heavy atom. The summed E-state index contributed by atoms with van der Waals surface area (Å²) in [4.78, 5) is 29.6. The third-order valence-electron chi connectivity index (χ3n) is 3.70. The van der Waals surface area contributed by atoms with Crippen molar-refractivity contribution in [2.45, 2.75) is 25.4 Å². The molecular formula is C18H22NO5P. The van der Waals surface area contributed by atoms with Gasteiger partial charge in [0.25, 0.3) is 0 Å². The fraction of sp³-hybridized carbons (Fsp3) is 0.278. The predicted molar refractivity (Wildman–Crippen MR) is 95.8 cm³/mol. The minimum absolute atomic E-state index is 0.354. The van der Waals surface area contributed by atoms with Crippen molar-refractivity contribution < 1.29 is 23.9 Å². The van der Waals surface area contributed by atoms with Gasteiger partial charge in [-0.25, -0.2) is 0 Å². The average Bonchev–Trinajstić information content (AvgIpc) is 2.58. The van der Waals surface area contributed by atoms with E-state index in [1.807, 2.05) is 54.6 Å². The van der Waals surface area contributed by atoms with Crippen LogP contribution in [0, 0.1) is 0 Å². The zero-order chi connectivity index (χ0) is 18.3. The van der Waals surface area contributed by atoms with E-state index in [0.29, 0.717) is 13.0 Å². The van der Waals surface area contributed by atoms with Crippen molar-refractivity contribution in [3.8, 4) is 11.5 Å². The zero-order valence-electron chi connectivity index (χ0n) is 14.0. The molecule has 1 amide bonds. The van der Waals surface area contributed by atoms with Crippen LogP contribution < -0.4 is 10.1 Å². The first-order valence-electron chi connectivity index (χ1n) is 8.01. The number of ether oxygens (including phenoxy) is 1. The number of aryl methyl sites for hydroxylation is 1. The lowest BCUT2D eigenvalue weighted by atomic mass is 10.1. The van der Waals surface area contributed by atoms with Crippen LogP contribution in [-0.4, -0.2) is 27.9 Å². The van der Waals surface area contributed by atoms with E-state index in [2.05, 4.69) is 5.32 Å². The van der Waals surface area contributed by atoms with Gasteiger partial charge in [-0.1, -0.05) is 30.3 Å². The number of hydrogen-bond acceptors (Lipinski definition) is 3. The van der Waals surface area contributed by atoms with Crippen LogP contribution in [0.25, 0.3) is 0 Å². The van der Waals surface area contributed by atoms with Gasteiger partial charge >= 0.3 is 7.60 Å². The second-order valence-electron chi connectivity index (χ2n) is 5.72. The van der Waals surface area contributed by atoms with Crippen molar-refractivity contribution in [2.24, 2.45) is 0 Å². The van der Waals surface area contributed by atoms with Crippen molar-refractivity contribution in [3.63, 3.8) is 0 Å². The lowest BCUT2D eigenvalue weighted by Crippen LogP contribution is -2.33. The van der Waals surface area contributed by atoms with Crippen molar-refractivity contribution in [1.29, 1.82) is 0 Å². The predicted octanol–water partition coefficient (Wildman–Crippen LogP) is 3.09. The number of nitrogens with one attached hydrogen (secondary N) is 1. The first-order chi connectivity index (χ1) is 11.9. The number of rotatable bonds is 8. The molecule has 0 spiro atoms. The molecule has 0 fully saturated rings. The number of hydrogen-bond donors (Lipinski definition) is 3. The molecule has 2 aromatic carbocycles. The van der Waals surface area contributed by atoms with E-state index >= 15 is 0 Å². The maximum absolute atomic E-state index is 11.6. The molecule has 6 nitrogen and oxygen atoms in total. The Balaban J connectivity index is 1.81. The van der Waals surface area contributed by atoms with E-state index in [0.717, 1.165) is 23.5 Å². The van der Waals surface area contributed by atoms with E-state index in [9.17, 15) is 9.36 Å². The highest BCUT2D eigenvalue weighted by Crippen LogP contribution is 2.40. The first kappa shape index (κ1) is 19.2. The van der Waals surface area contributed by atoms with Crippen LogP contribution >= 0.6 is 7.60 Å². The maximum atomic E-state index is 11.6. The van der Waals surface area contributed by atoms with E-state index < -0.39 is 19.2 Å². The SMILES string of the molecule is CC(C(=O)NCCCc1cccc(Oc2ccccc2)c1)P(=O)(O)O. The number of benzene rings is 2. The Bertz CT molecular complexity index is 744. The summed E-state index contributed by atoms with van der Waals surface area (Å²) < 4.78 is 16.8. The summed E-state index contributed by atoms with van der Waals surface area (Å²) in [5.74, 6) is 0.871. The molecule has 134 valence electrons. The fourth-order valence-electron chi connectivity index (χ4n) is 2.19. The van der Waals surface area contributed by atoms with Gasteiger partial charge in [-0.2, -0.15) is 0 Å². The van der Waals surface area contributed by atoms with Gasteiger partial charge in [0.15, 0.2) is 0 Å². The van der Waals surface area contributed by atoms with Gasteiger partial charge in [-0.15, -0.1) is 0 Å². The van der Waals surface area contributed by atoms with Crippen molar-refractivity contribution in [1.82, 2.24) is 5.32 Å². The normalized spacial score (nSPS) is 12.4. The van der Waals surface area contributed by atoms with Gasteiger partial charge in [0, 0.05) is 6.54 Å². The van der Waals surface area contributed by atoms with Crippen molar-refractivity contribution >= 4 is 13.5 Å². The molecule has 0 radical (unpaired) electrons. The van der Waals surface area contributed by atoms with Crippen LogP contribution in [0.2, 0.25) is 0 Å². The summed E-state index contributed by atoms with van der Waals surface area (Å²) in [6.07, 6.45) is 1.38. The summed E-state index contributed by atoms with van der Waals surface area (Å²) in [5.41, 5.74) is -0.263. The summed E-state index contributed by atoms with van der Waals surface area (Å²) in [5, 5.41) is 2.55. The van der Waals surface area contributed by atoms with Gasteiger partial charge in [0.2, 0.25) is 5.91 Å². The van der Waals surface area contributed by atoms with Gasteiger partial charge < -0.3 is 19.8 Å². The van der Waals surface area contributed by atoms with Crippen LogP contribution in [0.3, 0.4) is 0 Å². The Kier molecular flexibility index (Phi) is 6.76. The molecule has 25 heavy (non-hydrogen) atoms. The van der Waals surface area contributed by atoms with Gasteiger partial charge in [0.1, 0.15) is 17.2 Å². The van der Waals surface area contributed by atoms with E-state index in [-0.39, 0.29) is 0 Å². The summed E-state index contributed by atoms with van der Waals surface area (Å²) in [6.45, 7) is 1.58. The molecule has 7 heteroatoms. The zero-order valence-corrected chi connectivity index (χ0v) is 14.9. The molecular weight excluding hydrogens is 341 g/mol. The Morgan fingerprint density at radius 1 is 1.12 bits per heavy atom. The molecule has 2 rings (SSSR count). The van der Waals surface area contributed by atoms with Crippen LogP contribution in [0.1, 0.15) is 18.9 Å². The monoisotopic (exact) mass is 363 g/mol. The average molecular weight is 363 g/mol. The lowest BCUT2D eigenvalue weighted by molar-refractivity contribution is -0.120. The van der Waals surface area contributed by atoms with Crippen molar-refractivity contribution in [2.75, 3.05) is 6.54 Å². The van der Waals surface area contributed by atoms with E-state index in [1.165, 1.54) is 6.92 Å². The number of amides is 1. The second-order valence-corrected chi connectivity index (χ2v) is 7.67. The third-order valence-corrected chi connectivity index (χ3v) is 4.95. The highest BCUT2D eigenvalue weighted by molar-refractivity contribution is 7.53. The summed E-state index contributed by atoms with van der Waals surface area (Å²) in [6, 6.07) is 17.2. The lowest BCUT2D eigenvalue weighted by Gasteiger charge is -2.13. The molecule has 0 bridgehead atoms. The second kappa shape index (κ2) is 8.81. The standard InChI is InChI=1S/C18H22NO5P/c1-14(25(21,22)23)18(20)19-12-6-8-15-7-5-11-17(13-15)24-16-9-3-2-4-10-16/h2-5,7,9-11,13-14H,6,8,12H2,1H3,(H,19,20)(H2,21,22,23). The maximum Gasteiger partial charge on any atom is 0.337 e. The molecule has 2 aromatic rings. The topological polar surface area (TPSA) is 95.9 Å². The van der Waals surface area contributed by atoms with Crippen molar-refractivity contribution in [3.05, 3.63) is 60.2 Å². The minimum atomic E-state index is -4.39. The molecule has 3 N–H and O–H groups in total. The summed E-state index contributed by atoms with van der Waals surface area (Å²) >= 11 is 0. The highest BCUT2D eigenvalue weighted by atomic mass is 31.2. The smallest absolute Gasteiger partial charge is 0.337 e. The molecule has 0 aromatic heterocycles.